The van der Waals surface area contributed by atoms with Crippen molar-refractivity contribution in [2.75, 3.05) is 0 Å². The molecule has 0 saturated carbocycles. The zero-order chi connectivity index (χ0) is 4.99. The van der Waals surface area contributed by atoms with Crippen LogP contribution in [0.25, 0.3) is 0 Å². The van der Waals surface area contributed by atoms with Gasteiger partial charge in [-0.05, 0) is 6.92 Å². The fraction of sp³-hybridized carbons (Fsp3) is 1.00. The van der Waals surface area contributed by atoms with Gasteiger partial charge in [0.1, 0.15) is 0 Å². The van der Waals surface area contributed by atoms with E-state index < -0.39 is 0 Å². The van der Waals surface area contributed by atoms with Gasteiger partial charge in [0.2, 0.25) is 0 Å². The summed E-state index contributed by atoms with van der Waals surface area (Å²) in [6.45, 7) is 1.78. The minimum absolute atomic E-state index is 0.0880. The van der Waals surface area contributed by atoms with E-state index in [0.717, 1.165) is 0 Å². The van der Waals surface area contributed by atoms with E-state index in [9.17, 15) is 0 Å². The summed E-state index contributed by atoms with van der Waals surface area (Å²) in [6, 6.07) is 0. The number of hydrogen-bond donors (Lipinski definition) is 4. The zero-order valence-corrected chi connectivity index (χ0v) is 3.73. The van der Waals surface area contributed by atoms with Gasteiger partial charge in [0.05, 0.1) is 6.17 Å². The lowest BCUT2D eigenvalue weighted by Gasteiger charge is -2.02. The largest absolute Gasteiger partial charge is 0.315 e. The Balaban J connectivity index is 2.63. The zero-order valence-electron chi connectivity index (χ0n) is 3.73. The van der Waals surface area contributed by atoms with E-state index in [2.05, 4.69) is 11.0 Å². The van der Waals surface area contributed by atoms with Gasteiger partial charge >= 0.3 is 0 Å². The van der Waals surface area contributed by atoms with Gasteiger partial charge in [0.15, 0.2) is 0 Å². The van der Waals surface area contributed by atoms with E-state index >= 15 is 0 Å². The molecular formula is C2H10N4. The topological polar surface area (TPSA) is 76.1 Å². The highest BCUT2D eigenvalue weighted by Gasteiger charge is 1.81. The number of hydrazine groups is 2. The van der Waals surface area contributed by atoms with Gasteiger partial charge in [0, 0.05) is 0 Å². The van der Waals surface area contributed by atoms with Crippen LogP contribution in [-0.4, -0.2) is 6.17 Å². The van der Waals surface area contributed by atoms with Crippen LogP contribution >= 0.6 is 0 Å². The number of hydrogen-bond acceptors (Lipinski definition) is 4. The lowest BCUT2D eigenvalue weighted by atomic mass is 10.6. The molecule has 0 radical (unpaired) electrons. The van der Waals surface area contributed by atoms with E-state index in [1.165, 1.54) is 0 Å². The molecule has 0 aliphatic heterocycles. The molecule has 0 bridgehead atoms. The van der Waals surface area contributed by atoms with Gasteiger partial charge in [-0.2, -0.15) is 5.53 Å². The van der Waals surface area contributed by atoms with Crippen molar-refractivity contribution in [3.05, 3.63) is 0 Å². The molecule has 0 aromatic carbocycles. The Labute approximate surface area is 36.8 Å². The number of nitrogens with one attached hydrogen (secondary N) is 2. The molecular weight excluding hydrogens is 80.0 g/mol. The van der Waals surface area contributed by atoms with Gasteiger partial charge in [-0.25, -0.2) is 5.43 Å². The summed E-state index contributed by atoms with van der Waals surface area (Å²) >= 11 is 0. The monoisotopic (exact) mass is 90.1 g/mol. The van der Waals surface area contributed by atoms with Gasteiger partial charge < -0.3 is 5.73 Å². The first kappa shape index (κ1) is 5.84. The summed E-state index contributed by atoms with van der Waals surface area (Å²) in [6.07, 6.45) is -0.0880. The van der Waals surface area contributed by atoms with Crippen LogP contribution in [0.15, 0.2) is 0 Å². The normalized spacial score (nSPS) is 14.5. The molecule has 0 saturated heterocycles. The van der Waals surface area contributed by atoms with Crippen LogP contribution in [0.2, 0.25) is 0 Å². The molecule has 0 aromatic heterocycles. The Hall–Kier alpha value is -0.160. The molecule has 0 spiro atoms. The first-order chi connectivity index (χ1) is 2.77. The van der Waals surface area contributed by atoms with Crippen molar-refractivity contribution in [1.29, 1.82) is 0 Å². The van der Waals surface area contributed by atoms with E-state index in [-0.39, 0.29) is 6.17 Å². The van der Waals surface area contributed by atoms with Crippen LogP contribution in [0.4, 0.5) is 0 Å². The summed E-state index contributed by atoms with van der Waals surface area (Å²) in [4.78, 5) is 0. The number of nitrogens with two attached hydrogens (primary N) is 2. The smallest absolute Gasteiger partial charge is 0.0663 e. The van der Waals surface area contributed by atoms with Crippen LogP contribution in [0.5, 0.6) is 0 Å². The molecule has 0 heterocycles. The van der Waals surface area contributed by atoms with Crippen molar-refractivity contribution >= 4 is 0 Å². The average molecular weight is 90.1 g/mol. The van der Waals surface area contributed by atoms with Gasteiger partial charge in [0.25, 0.3) is 0 Å². The fourth-order valence-electron chi connectivity index (χ4n) is 0.131. The van der Waals surface area contributed by atoms with E-state index in [1.54, 1.807) is 6.92 Å². The maximum Gasteiger partial charge on any atom is 0.0663 e. The predicted octanol–water partition coefficient (Wildman–Crippen LogP) is -1.74. The van der Waals surface area contributed by atoms with Gasteiger partial charge in [-0.15, -0.1) is 0 Å². The summed E-state index contributed by atoms with van der Waals surface area (Å²) in [7, 11) is 0. The van der Waals surface area contributed by atoms with Crippen molar-refractivity contribution in [1.82, 2.24) is 11.0 Å². The second kappa shape index (κ2) is 3.05. The second-order valence-electron chi connectivity index (χ2n) is 1.08. The SMILES string of the molecule is CC(N)NNN. The van der Waals surface area contributed by atoms with E-state index in [0.29, 0.717) is 0 Å². The minimum Gasteiger partial charge on any atom is -0.315 e. The fourth-order valence-corrected chi connectivity index (χ4v) is 0.131. The van der Waals surface area contributed by atoms with E-state index in [4.69, 9.17) is 11.6 Å². The standard InChI is InChI=1S/C2H10N4/c1-2(3)5-6-4/h2,5-6H,3-4H2,1H3. The lowest BCUT2D eigenvalue weighted by Crippen LogP contribution is -2.47. The summed E-state index contributed by atoms with van der Waals surface area (Å²) in [5.74, 6) is 4.79. The first-order valence-electron chi connectivity index (χ1n) is 1.74. The third-order valence-corrected chi connectivity index (χ3v) is 0.311. The quantitative estimate of drug-likeness (QED) is 0.184. The Morgan fingerprint density at radius 2 is 2.17 bits per heavy atom. The minimum atomic E-state index is -0.0880. The molecule has 6 N–H and O–H groups in total. The molecule has 4 nitrogen and oxygen atoms in total. The van der Waals surface area contributed by atoms with Crippen LogP contribution in [0, 0.1) is 0 Å². The van der Waals surface area contributed by atoms with Crippen molar-refractivity contribution in [2.24, 2.45) is 11.6 Å². The van der Waals surface area contributed by atoms with Gasteiger partial charge in [-0.1, -0.05) is 0 Å². The predicted molar refractivity (Wildman–Crippen MR) is 24.1 cm³/mol. The summed E-state index contributed by atoms with van der Waals surface area (Å²) in [5, 5.41) is 0. The van der Waals surface area contributed by atoms with Crippen molar-refractivity contribution in [2.45, 2.75) is 13.1 Å². The van der Waals surface area contributed by atoms with E-state index in [1.807, 2.05) is 0 Å². The van der Waals surface area contributed by atoms with Crippen molar-refractivity contribution < 1.29 is 0 Å². The molecule has 4 heteroatoms. The average Bonchev–Trinajstić information content (AvgIpc) is 1.35. The third-order valence-electron chi connectivity index (χ3n) is 0.311. The maximum absolute atomic E-state index is 5.15. The molecule has 38 valence electrons. The third kappa shape index (κ3) is 3.84. The Morgan fingerprint density at radius 1 is 1.67 bits per heavy atom. The molecule has 1 atom stereocenters. The highest BCUT2D eigenvalue weighted by Crippen LogP contribution is 1.52. The Kier molecular flexibility index (Phi) is 2.97. The highest BCUT2D eigenvalue weighted by atomic mass is 15.5. The van der Waals surface area contributed by atoms with Gasteiger partial charge in [-0.3, -0.25) is 5.84 Å². The van der Waals surface area contributed by atoms with Crippen molar-refractivity contribution in [3.8, 4) is 0 Å². The maximum atomic E-state index is 5.15. The summed E-state index contributed by atoms with van der Waals surface area (Å²) in [5.41, 5.74) is 9.86. The molecule has 0 aromatic rings. The molecule has 0 rings (SSSR count). The molecule has 1 unspecified atom stereocenters. The summed E-state index contributed by atoms with van der Waals surface area (Å²) < 4.78 is 0. The van der Waals surface area contributed by atoms with Crippen LogP contribution < -0.4 is 22.5 Å². The molecule has 6 heavy (non-hydrogen) atoms. The van der Waals surface area contributed by atoms with Crippen LogP contribution in [-0.2, 0) is 0 Å². The molecule has 0 aliphatic carbocycles. The Bertz CT molecular complexity index is 26.7. The second-order valence-corrected chi connectivity index (χ2v) is 1.08. The molecule has 0 fully saturated rings. The molecule has 0 aliphatic rings. The first-order valence-corrected chi connectivity index (χ1v) is 1.74. The molecule has 0 amide bonds. The Morgan fingerprint density at radius 3 is 2.17 bits per heavy atom. The lowest BCUT2D eigenvalue weighted by molar-refractivity contribution is 0.472. The van der Waals surface area contributed by atoms with Crippen LogP contribution in [0.3, 0.4) is 0 Å². The highest BCUT2D eigenvalue weighted by molar-refractivity contribution is 4.37. The van der Waals surface area contributed by atoms with Crippen LogP contribution in [0.1, 0.15) is 6.92 Å². The number of rotatable bonds is 2. The van der Waals surface area contributed by atoms with Crippen molar-refractivity contribution in [3.63, 3.8) is 0 Å².